The summed E-state index contributed by atoms with van der Waals surface area (Å²) in [5, 5.41) is 10.2. The van der Waals surface area contributed by atoms with Crippen molar-refractivity contribution in [1.29, 1.82) is 0 Å². The fourth-order valence-electron chi connectivity index (χ4n) is 2.02. The van der Waals surface area contributed by atoms with E-state index >= 15 is 0 Å². The molecule has 0 saturated carbocycles. The molecule has 2 heterocycles. The molecule has 0 atom stereocenters. The Bertz CT molecular complexity index is 557. The predicted molar refractivity (Wildman–Crippen MR) is 84.8 cm³/mol. The van der Waals surface area contributed by atoms with E-state index in [0.717, 1.165) is 18.8 Å². The van der Waals surface area contributed by atoms with Crippen LogP contribution in [0.15, 0.2) is 15.9 Å². The summed E-state index contributed by atoms with van der Waals surface area (Å²) >= 11 is 5.34. The summed E-state index contributed by atoms with van der Waals surface area (Å²) in [6.07, 6.45) is 0. The van der Waals surface area contributed by atoms with Crippen LogP contribution < -0.4 is 5.32 Å². The average molecular weight is 342 g/mol. The zero-order valence-electron chi connectivity index (χ0n) is 11.8. The first-order valence-corrected chi connectivity index (χ1v) is 8.14. The van der Waals surface area contributed by atoms with E-state index in [1.165, 1.54) is 20.6 Å². The first-order valence-electron chi connectivity index (χ1n) is 6.47. The Kier molecular flexibility index (Phi) is 4.81. The second-order valence-corrected chi connectivity index (χ2v) is 6.89. The molecule has 0 aliphatic heterocycles. The predicted octanol–water partition coefficient (Wildman–Crippen LogP) is 3.87. The number of hydrogen-bond acceptors (Lipinski definition) is 3. The summed E-state index contributed by atoms with van der Waals surface area (Å²) in [6.45, 7) is 10.3. The number of hydrogen-bond donors (Lipinski definition) is 1. The van der Waals surface area contributed by atoms with Gasteiger partial charge in [0.2, 0.25) is 0 Å². The minimum Gasteiger partial charge on any atom is -0.310 e. The second kappa shape index (κ2) is 6.20. The first kappa shape index (κ1) is 14.8. The van der Waals surface area contributed by atoms with E-state index in [9.17, 15) is 0 Å². The lowest BCUT2D eigenvalue weighted by Crippen LogP contribution is -2.22. The van der Waals surface area contributed by atoms with Crippen molar-refractivity contribution in [2.45, 2.75) is 46.8 Å². The highest BCUT2D eigenvalue weighted by molar-refractivity contribution is 9.10. The van der Waals surface area contributed by atoms with Gasteiger partial charge < -0.3 is 5.32 Å². The van der Waals surface area contributed by atoms with Gasteiger partial charge in [-0.2, -0.15) is 5.10 Å². The van der Waals surface area contributed by atoms with Crippen LogP contribution in [0.2, 0.25) is 0 Å². The van der Waals surface area contributed by atoms with Gasteiger partial charge in [-0.25, -0.2) is 0 Å². The summed E-state index contributed by atoms with van der Waals surface area (Å²) in [5.74, 6) is 0. The lowest BCUT2D eigenvalue weighted by molar-refractivity contribution is 0.584. The molecule has 2 rings (SSSR count). The minimum absolute atomic E-state index is 0.494. The van der Waals surface area contributed by atoms with Crippen LogP contribution in [0.5, 0.6) is 0 Å². The highest BCUT2D eigenvalue weighted by atomic mass is 79.9. The normalized spacial score (nSPS) is 11.5. The van der Waals surface area contributed by atoms with Gasteiger partial charge >= 0.3 is 0 Å². The second-order valence-electron chi connectivity index (χ2n) is 5.03. The zero-order valence-corrected chi connectivity index (χ0v) is 14.2. The SMILES string of the molecule is Cc1nn(Cc2sccc2Br)c(C)c1CNC(C)C. The Morgan fingerprint density at radius 1 is 1.42 bits per heavy atom. The smallest absolute Gasteiger partial charge is 0.0766 e. The number of halogens is 1. The van der Waals surface area contributed by atoms with Gasteiger partial charge in [0.1, 0.15) is 0 Å². The molecule has 2 aromatic heterocycles. The summed E-state index contributed by atoms with van der Waals surface area (Å²) in [4.78, 5) is 1.31. The Hall–Kier alpha value is -0.650. The lowest BCUT2D eigenvalue weighted by atomic mass is 10.2. The molecule has 1 N–H and O–H groups in total. The summed E-state index contributed by atoms with van der Waals surface area (Å²) in [5.41, 5.74) is 3.70. The van der Waals surface area contributed by atoms with E-state index in [-0.39, 0.29) is 0 Å². The van der Waals surface area contributed by atoms with E-state index in [0.29, 0.717) is 6.04 Å². The van der Waals surface area contributed by atoms with E-state index in [4.69, 9.17) is 0 Å². The third kappa shape index (κ3) is 3.46. The third-order valence-electron chi connectivity index (χ3n) is 3.20. The molecular formula is C14H20BrN3S. The molecule has 19 heavy (non-hydrogen) atoms. The monoisotopic (exact) mass is 341 g/mol. The van der Waals surface area contributed by atoms with Gasteiger partial charge in [0.25, 0.3) is 0 Å². The van der Waals surface area contributed by atoms with Crippen molar-refractivity contribution in [1.82, 2.24) is 15.1 Å². The van der Waals surface area contributed by atoms with Crippen LogP contribution in [0, 0.1) is 13.8 Å². The first-order chi connectivity index (χ1) is 8.99. The molecule has 0 unspecified atom stereocenters. The Morgan fingerprint density at radius 3 is 2.74 bits per heavy atom. The van der Waals surface area contributed by atoms with Gasteiger partial charge in [-0.15, -0.1) is 11.3 Å². The summed E-state index contributed by atoms with van der Waals surface area (Å²) < 4.78 is 3.27. The fourth-order valence-corrected chi connectivity index (χ4v) is 3.48. The maximum absolute atomic E-state index is 4.67. The van der Waals surface area contributed by atoms with Crippen molar-refractivity contribution in [3.8, 4) is 0 Å². The van der Waals surface area contributed by atoms with Crippen LogP contribution in [0.1, 0.15) is 35.7 Å². The number of nitrogens with one attached hydrogen (secondary N) is 1. The maximum atomic E-state index is 4.67. The standard InChI is InChI=1S/C14H20BrN3S/c1-9(2)16-7-12-10(3)17-18(11(12)4)8-14-13(15)5-6-19-14/h5-6,9,16H,7-8H2,1-4H3. The summed E-state index contributed by atoms with van der Waals surface area (Å²) in [6, 6.07) is 2.58. The lowest BCUT2D eigenvalue weighted by Gasteiger charge is -2.09. The van der Waals surface area contributed by atoms with Gasteiger partial charge in [-0.3, -0.25) is 4.68 Å². The molecule has 0 radical (unpaired) electrons. The van der Waals surface area contributed by atoms with Crippen molar-refractivity contribution in [2.24, 2.45) is 0 Å². The molecule has 0 aliphatic carbocycles. The molecular weight excluding hydrogens is 322 g/mol. The van der Waals surface area contributed by atoms with Gasteiger partial charge in [0.05, 0.1) is 12.2 Å². The molecule has 0 aromatic carbocycles. The molecule has 2 aromatic rings. The van der Waals surface area contributed by atoms with E-state index in [1.807, 2.05) is 0 Å². The molecule has 0 spiro atoms. The van der Waals surface area contributed by atoms with Gasteiger partial charge in [-0.1, -0.05) is 13.8 Å². The molecule has 0 fully saturated rings. The molecule has 3 nitrogen and oxygen atoms in total. The number of nitrogens with zero attached hydrogens (tertiary/aromatic N) is 2. The van der Waals surface area contributed by atoms with E-state index in [2.05, 4.69) is 70.2 Å². The highest BCUT2D eigenvalue weighted by Crippen LogP contribution is 2.24. The van der Waals surface area contributed by atoms with Gasteiger partial charge in [0, 0.05) is 33.2 Å². The van der Waals surface area contributed by atoms with Crippen molar-refractivity contribution in [2.75, 3.05) is 0 Å². The van der Waals surface area contributed by atoms with Crippen LogP contribution in [0.25, 0.3) is 0 Å². The zero-order chi connectivity index (χ0) is 14.0. The van der Waals surface area contributed by atoms with Gasteiger partial charge in [-0.05, 0) is 41.2 Å². The van der Waals surface area contributed by atoms with Crippen LogP contribution in [-0.2, 0) is 13.1 Å². The Morgan fingerprint density at radius 2 is 2.16 bits per heavy atom. The molecule has 0 saturated heterocycles. The van der Waals surface area contributed by atoms with Crippen LogP contribution in [0.4, 0.5) is 0 Å². The fraction of sp³-hybridized carbons (Fsp3) is 0.500. The van der Waals surface area contributed by atoms with E-state index in [1.54, 1.807) is 11.3 Å². The van der Waals surface area contributed by atoms with Crippen LogP contribution in [-0.4, -0.2) is 15.8 Å². The Labute approximate surface area is 127 Å². The third-order valence-corrected chi connectivity index (χ3v) is 5.11. The van der Waals surface area contributed by atoms with Crippen molar-refractivity contribution in [3.05, 3.63) is 37.7 Å². The molecule has 5 heteroatoms. The molecule has 104 valence electrons. The van der Waals surface area contributed by atoms with Gasteiger partial charge in [0.15, 0.2) is 0 Å². The molecule has 0 bridgehead atoms. The van der Waals surface area contributed by atoms with Crippen molar-refractivity contribution in [3.63, 3.8) is 0 Å². The van der Waals surface area contributed by atoms with E-state index < -0.39 is 0 Å². The number of rotatable bonds is 5. The molecule has 0 aliphatic rings. The van der Waals surface area contributed by atoms with Crippen molar-refractivity contribution < 1.29 is 0 Å². The van der Waals surface area contributed by atoms with Crippen LogP contribution in [0.3, 0.4) is 0 Å². The Balaban J connectivity index is 2.19. The average Bonchev–Trinajstić information content (AvgIpc) is 2.84. The van der Waals surface area contributed by atoms with Crippen LogP contribution >= 0.6 is 27.3 Å². The maximum Gasteiger partial charge on any atom is 0.0766 e. The highest BCUT2D eigenvalue weighted by Gasteiger charge is 2.13. The quantitative estimate of drug-likeness (QED) is 0.894. The summed E-state index contributed by atoms with van der Waals surface area (Å²) in [7, 11) is 0. The minimum atomic E-state index is 0.494. The number of aromatic nitrogens is 2. The van der Waals surface area contributed by atoms with Crippen molar-refractivity contribution >= 4 is 27.3 Å². The number of thiophene rings is 1. The largest absolute Gasteiger partial charge is 0.310 e. The topological polar surface area (TPSA) is 29.9 Å². The number of aryl methyl sites for hydroxylation is 1. The molecule has 0 amide bonds.